The molecule has 5 heteroatoms. The minimum Gasteiger partial charge on any atom is -0.469 e. The van der Waals surface area contributed by atoms with Gasteiger partial charge in [0.05, 0.1) is 17.6 Å². The Morgan fingerprint density at radius 3 is 3.00 bits per heavy atom. The van der Waals surface area contributed by atoms with E-state index in [2.05, 4.69) is 9.97 Å². The van der Waals surface area contributed by atoms with Crippen LogP contribution in [-0.4, -0.2) is 9.97 Å². The van der Waals surface area contributed by atoms with Gasteiger partial charge in [-0.3, -0.25) is 0 Å². The Morgan fingerprint density at radius 2 is 2.36 bits per heavy atom. The summed E-state index contributed by atoms with van der Waals surface area (Å²) in [6.07, 6.45) is 2.87. The maximum Gasteiger partial charge on any atom is 0.345 e. The van der Waals surface area contributed by atoms with Gasteiger partial charge in [-0.2, -0.15) is 4.98 Å². The summed E-state index contributed by atoms with van der Waals surface area (Å²) in [6.45, 7) is 1.82. The highest BCUT2D eigenvalue weighted by Gasteiger charge is 2.06. The van der Waals surface area contributed by atoms with Gasteiger partial charge in [0.25, 0.3) is 0 Å². The molecule has 5 nitrogen and oxygen atoms in total. The molecule has 0 saturated carbocycles. The highest BCUT2D eigenvalue weighted by molar-refractivity contribution is 5.70. The highest BCUT2D eigenvalue weighted by atomic mass is 16.3. The summed E-state index contributed by atoms with van der Waals surface area (Å²) in [5.41, 5.74) is 6.95. The van der Waals surface area contributed by atoms with E-state index >= 15 is 0 Å². The van der Waals surface area contributed by atoms with Crippen LogP contribution in [0.15, 0.2) is 27.7 Å². The van der Waals surface area contributed by atoms with Crippen LogP contribution in [0.2, 0.25) is 0 Å². The smallest absolute Gasteiger partial charge is 0.345 e. The Morgan fingerprint density at radius 1 is 1.57 bits per heavy atom. The normalized spacial score (nSPS) is 10.4. The van der Waals surface area contributed by atoms with E-state index in [0.717, 1.165) is 11.3 Å². The van der Waals surface area contributed by atoms with Crippen molar-refractivity contribution in [3.63, 3.8) is 0 Å². The second-order valence-electron chi connectivity index (χ2n) is 2.96. The number of hydrogen-bond acceptors (Lipinski definition) is 4. The van der Waals surface area contributed by atoms with Gasteiger partial charge < -0.3 is 15.1 Å². The molecule has 14 heavy (non-hydrogen) atoms. The molecule has 0 amide bonds. The van der Waals surface area contributed by atoms with Gasteiger partial charge in [-0.05, 0) is 13.0 Å². The third-order valence-corrected chi connectivity index (χ3v) is 1.86. The summed E-state index contributed by atoms with van der Waals surface area (Å²) in [7, 11) is 0. The van der Waals surface area contributed by atoms with Crippen molar-refractivity contribution in [3.8, 4) is 11.3 Å². The van der Waals surface area contributed by atoms with Crippen molar-refractivity contribution in [1.29, 1.82) is 0 Å². The molecule has 2 heterocycles. The van der Waals surface area contributed by atoms with Crippen molar-refractivity contribution in [2.45, 2.75) is 6.92 Å². The molecule has 0 fully saturated rings. The molecule has 0 aliphatic rings. The van der Waals surface area contributed by atoms with Crippen molar-refractivity contribution < 1.29 is 4.42 Å². The van der Waals surface area contributed by atoms with Gasteiger partial charge in [0.2, 0.25) is 0 Å². The lowest BCUT2D eigenvalue weighted by Gasteiger charge is -1.99. The summed E-state index contributed by atoms with van der Waals surface area (Å²) in [5, 5.41) is 0. The fraction of sp³-hybridized carbons (Fsp3) is 0.111. The van der Waals surface area contributed by atoms with Crippen LogP contribution >= 0.6 is 0 Å². The molecular weight excluding hydrogens is 182 g/mol. The molecule has 0 aromatic carbocycles. The van der Waals surface area contributed by atoms with E-state index in [0.29, 0.717) is 11.4 Å². The fourth-order valence-electron chi connectivity index (χ4n) is 1.22. The minimum absolute atomic E-state index is 0.422. The third kappa shape index (κ3) is 1.39. The minimum atomic E-state index is -0.423. The summed E-state index contributed by atoms with van der Waals surface area (Å²) >= 11 is 0. The van der Waals surface area contributed by atoms with E-state index in [9.17, 15) is 4.79 Å². The zero-order chi connectivity index (χ0) is 10.1. The number of aromatic nitrogens is 2. The summed E-state index contributed by atoms with van der Waals surface area (Å²) in [4.78, 5) is 17.0. The molecule has 0 unspecified atom stereocenters. The number of nitrogens with two attached hydrogens (primary N) is 1. The van der Waals surface area contributed by atoms with Gasteiger partial charge in [0, 0.05) is 5.56 Å². The van der Waals surface area contributed by atoms with E-state index in [4.69, 9.17) is 10.2 Å². The number of aromatic amines is 1. The third-order valence-electron chi connectivity index (χ3n) is 1.86. The summed E-state index contributed by atoms with van der Waals surface area (Å²) < 4.78 is 5.12. The van der Waals surface area contributed by atoms with Crippen LogP contribution in [0, 0.1) is 6.92 Å². The maximum atomic E-state index is 11.0. The molecule has 0 atom stereocenters. The molecule has 0 bridgehead atoms. The Labute approximate surface area is 79.6 Å². The van der Waals surface area contributed by atoms with Crippen molar-refractivity contribution in [1.82, 2.24) is 9.97 Å². The van der Waals surface area contributed by atoms with Gasteiger partial charge >= 0.3 is 5.69 Å². The van der Waals surface area contributed by atoms with E-state index in [-0.39, 0.29) is 0 Å². The van der Waals surface area contributed by atoms with Crippen molar-refractivity contribution in [3.05, 3.63) is 34.8 Å². The van der Waals surface area contributed by atoms with E-state index in [1.807, 2.05) is 6.92 Å². The quantitative estimate of drug-likeness (QED) is 0.701. The first kappa shape index (κ1) is 8.55. The number of furan rings is 1. The van der Waals surface area contributed by atoms with E-state index in [1.54, 1.807) is 6.07 Å². The number of rotatable bonds is 1. The predicted octanol–water partition coefficient (Wildman–Crippen LogP) is 0.921. The second-order valence-corrected chi connectivity index (χ2v) is 2.96. The zero-order valence-electron chi connectivity index (χ0n) is 7.57. The molecular formula is C9H9N3O2. The number of nitrogen functional groups attached to an aromatic ring is 1. The van der Waals surface area contributed by atoms with E-state index < -0.39 is 5.69 Å². The predicted molar refractivity (Wildman–Crippen MR) is 51.7 cm³/mol. The van der Waals surface area contributed by atoms with Gasteiger partial charge in [0.15, 0.2) is 0 Å². The SMILES string of the molecule is Cc1cc(-c2[nH]c(=O)ncc2N)co1. The molecule has 0 radical (unpaired) electrons. The first-order valence-corrected chi connectivity index (χ1v) is 4.07. The van der Waals surface area contributed by atoms with Gasteiger partial charge in [-0.1, -0.05) is 0 Å². The van der Waals surface area contributed by atoms with Crippen LogP contribution < -0.4 is 11.4 Å². The molecule has 2 aromatic rings. The average Bonchev–Trinajstić information content (AvgIpc) is 2.56. The topological polar surface area (TPSA) is 84.9 Å². The van der Waals surface area contributed by atoms with Crippen LogP contribution in [0.3, 0.4) is 0 Å². The molecule has 2 aromatic heterocycles. The van der Waals surface area contributed by atoms with Gasteiger partial charge in [-0.15, -0.1) is 0 Å². The molecule has 2 rings (SSSR count). The molecule has 72 valence electrons. The first-order chi connectivity index (χ1) is 6.66. The Kier molecular flexibility index (Phi) is 1.85. The zero-order valence-corrected chi connectivity index (χ0v) is 7.57. The largest absolute Gasteiger partial charge is 0.469 e. The Bertz CT molecular complexity index is 513. The average molecular weight is 191 g/mol. The summed E-state index contributed by atoms with van der Waals surface area (Å²) in [6, 6.07) is 1.79. The lowest BCUT2D eigenvalue weighted by atomic mass is 10.2. The number of aryl methyl sites for hydroxylation is 1. The maximum absolute atomic E-state index is 11.0. The van der Waals surface area contributed by atoms with Gasteiger partial charge in [-0.25, -0.2) is 4.79 Å². The van der Waals surface area contributed by atoms with Crippen LogP contribution in [0.4, 0.5) is 5.69 Å². The molecule has 0 aliphatic heterocycles. The van der Waals surface area contributed by atoms with Crippen LogP contribution in [0.25, 0.3) is 11.3 Å². The number of anilines is 1. The van der Waals surface area contributed by atoms with Crippen LogP contribution in [0.1, 0.15) is 5.76 Å². The van der Waals surface area contributed by atoms with E-state index in [1.165, 1.54) is 12.5 Å². The van der Waals surface area contributed by atoms with Crippen molar-refractivity contribution in [2.75, 3.05) is 5.73 Å². The number of hydrogen-bond donors (Lipinski definition) is 2. The summed E-state index contributed by atoms with van der Waals surface area (Å²) in [5.74, 6) is 0.761. The standard InChI is InChI=1S/C9H9N3O2/c1-5-2-6(4-14-5)8-7(10)3-11-9(13)12-8/h2-4H,10H2,1H3,(H,11,12,13). The van der Waals surface area contributed by atoms with Crippen molar-refractivity contribution >= 4 is 5.69 Å². The number of nitrogens with zero attached hydrogens (tertiary/aromatic N) is 1. The lowest BCUT2D eigenvalue weighted by Crippen LogP contribution is -2.11. The Balaban J connectivity index is 2.61. The Hall–Kier alpha value is -2.04. The monoisotopic (exact) mass is 191 g/mol. The number of nitrogens with one attached hydrogen (secondary N) is 1. The molecule has 0 saturated heterocycles. The lowest BCUT2D eigenvalue weighted by molar-refractivity contribution is 0.535. The van der Waals surface area contributed by atoms with Crippen LogP contribution in [0.5, 0.6) is 0 Å². The molecule has 3 N–H and O–H groups in total. The fourth-order valence-corrected chi connectivity index (χ4v) is 1.22. The molecule has 0 aliphatic carbocycles. The second kappa shape index (κ2) is 3.02. The highest BCUT2D eigenvalue weighted by Crippen LogP contribution is 2.23. The molecule has 0 spiro atoms. The van der Waals surface area contributed by atoms with Crippen molar-refractivity contribution in [2.24, 2.45) is 0 Å². The first-order valence-electron chi connectivity index (χ1n) is 4.07. The number of H-pyrrole nitrogens is 1. The van der Waals surface area contributed by atoms with Gasteiger partial charge in [0.1, 0.15) is 12.0 Å². The van der Waals surface area contributed by atoms with Crippen LogP contribution in [-0.2, 0) is 0 Å².